The Kier molecular flexibility index (Phi) is 6.22. The number of carbonyl (C=O) groups excluding carboxylic acids is 1. The van der Waals surface area contributed by atoms with Gasteiger partial charge in [0.1, 0.15) is 5.75 Å². The van der Waals surface area contributed by atoms with E-state index in [-0.39, 0.29) is 11.7 Å². The molecule has 0 atom stereocenters. The molecule has 0 radical (unpaired) electrons. The van der Waals surface area contributed by atoms with Crippen molar-refractivity contribution in [3.8, 4) is 5.75 Å². The van der Waals surface area contributed by atoms with Crippen LogP contribution < -0.4 is 10.6 Å². The van der Waals surface area contributed by atoms with Gasteiger partial charge in [0.2, 0.25) is 5.91 Å². The molecule has 1 rings (SSSR count). The van der Waals surface area contributed by atoms with Gasteiger partial charge in [-0.05, 0) is 30.0 Å². The second kappa shape index (κ2) is 7.71. The number of benzene rings is 1. The molecule has 0 aliphatic rings. The van der Waals surface area contributed by atoms with Crippen molar-refractivity contribution in [3.63, 3.8) is 0 Å². The van der Waals surface area contributed by atoms with Gasteiger partial charge in [0.15, 0.2) is 0 Å². The molecule has 0 aliphatic heterocycles. The summed E-state index contributed by atoms with van der Waals surface area (Å²) in [6.45, 7) is 5.94. The number of hydrogen-bond acceptors (Lipinski definition) is 3. The van der Waals surface area contributed by atoms with Gasteiger partial charge in [0.05, 0.1) is 6.54 Å². The number of nitrogens with one attached hydrogen (secondary N) is 2. The Morgan fingerprint density at radius 1 is 1.28 bits per heavy atom. The summed E-state index contributed by atoms with van der Waals surface area (Å²) >= 11 is 0. The predicted octanol–water partition coefficient (Wildman–Crippen LogP) is 1.64. The van der Waals surface area contributed by atoms with Gasteiger partial charge in [-0.2, -0.15) is 0 Å². The van der Waals surface area contributed by atoms with E-state index in [1.807, 2.05) is 12.1 Å². The Morgan fingerprint density at radius 2 is 1.94 bits per heavy atom. The van der Waals surface area contributed by atoms with E-state index in [1.54, 1.807) is 12.1 Å². The molecule has 0 bridgehead atoms. The molecule has 0 aromatic heterocycles. The molecule has 100 valence electrons. The minimum Gasteiger partial charge on any atom is -0.508 e. The van der Waals surface area contributed by atoms with E-state index in [9.17, 15) is 4.79 Å². The molecule has 18 heavy (non-hydrogen) atoms. The lowest BCUT2D eigenvalue weighted by Crippen LogP contribution is -2.34. The number of aromatic hydroxyl groups is 1. The smallest absolute Gasteiger partial charge is 0.233 e. The highest BCUT2D eigenvalue weighted by Crippen LogP contribution is 2.08. The van der Waals surface area contributed by atoms with Gasteiger partial charge in [-0.25, -0.2) is 0 Å². The third kappa shape index (κ3) is 6.25. The molecule has 0 fully saturated rings. The number of rotatable bonds is 7. The van der Waals surface area contributed by atoms with E-state index < -0.39 is 0 Å². The third-order valence-corrected chi connectivity index (χ3v) is 2.59. The van der Waals surface area contributed by atoms with Gasteiger partial charge in [-0.15, -0.1) is 0 Å². The standard InChI is InChI=1S/C14H22N2O2/c1-11(2)7-8-16-14(18)10-15-9-12-3-5-13(17)6-4-12/h3-6,11,15,17H,7-10H2,1-2H3,(H,16,18). The number of amides is 1. The maximum absolute atomic E-state index is 11.5. The van der Waals surface area contributed by atoms with Crippen LogP contribution in [0.25, 0.3) is 0 Å². The summed E-state index contributed by atoms with van der Waals surface area (Å²) in [6, 6.07) is 6.94. The quantitative estimate of drug-likeness (QED) is 0.689. The molecule has 3 N–H and O–H groups in total. The summed E-state index contributed by atoms with van der Waals surface area (Å²) in [5, 5.41) is 15.1. The summed E-state index contributed by atoms with van der Waals surface area (Å²) in [6.07, 6.45) is 1.00. The average molecular weight is 250 g/mol. The molecule has 0 heterocycles. The molecule has 1 aromatic rings. The van der Waals surface area contributed by atoms with Crippen LogP contribution in [0.5, 0.6) is 5.75 Å². The first-order chi connectivity index (χ1) is 8.58. The van der Waals surface area contributed by atoms with Crippen LogP contribution in [0.3, 0.4) is 0 Å². The summed E-state index contributed by atoms with van der Waals surface area (Å²) < 4.78 is 0. The highest BCUT2D eigenvalue weighted by molar-refractivity contribution is 5.77. The van der Waals surface area contributed by atoms with Gasteiger partial charge >= 0.3 is 0 Å². The largest absolute Gasteiger partial charge is 0.508 e. The topological polar surface area (TPSA) is 61.4 Å². The fourth-order valence-electron chi connectivity index (χ4n) is 1.50. The van der Waals surface area contributed by atoms with Crippen molar-refractivity contribution in [2.45, 2.75) is 26.8 Å². The molecule has 0 aliphatic carbocycles. The first kappa shape index (κ1) is 14.5. The van der Waals surface area contributed by atoms with Crippen molar-refractivity contribution in [1.29, 1.82) is 0 Å². The molecular weight excluding hydrogens is 228 g/mol. The van der Waals surface area contributed by atoms with Crippen LogP contribution in [0.2, 0.25) is 0 Å². The molecule has 4 heteroatoms. The Morgan fingerprint density at radius 3 is 2.56 bits per heavy atom. The first-order valence-electron chi connectivity index (χ1n) is 6.33. The number of phenols is 1. The van der Waals surface area contributed by atoms with Crippen LogP contribution in [-0.4, -0.2) is 24.1 Å². The Hall–Kier alpha value is -1.55. The van der Waals surface area contributed by atoms with Crippen LogP contribution in [0.15, 0.2) is 24.3 Å². The summed E-state index contributed by atoms with van der Waals surface area (Å²) in [5.74, 6) is 0.884. The fourth-order valence-corrected chi connectivity index (χ4v) is 1.50. The Balaban J connectivity index is 2.13. The Bertz CT molecular complexity index is 361. The van der Waals surface area contributed by atoms with E-state index >= 15 is 0 Å². The average Bonchev–Trinajstić information content (AvgIpc) is 2.31. The van der Waals surface area contributed by atoms with Crippen LogP contribution >= 0.6 is 0 Å². The van der Waals surface area contributed by atoms with Crippen molar-refractivity contribution < 1.29 is 9.90 Å². The number of phenolic OH excluding ortho intramolecular Hbond substituents is 1. The molecule has 0 spiro atoms. The van der Waals surface area contributed by atoms with Crippen molar-refractivity contribution in [2.75, 3.05) is 13.1 Å². The van der Waals surface area contributed by atoms with Crippen molar-refractivity contribution in [2.24, 2.45) is 5.92 Å². The maximum Gasteiger partial charge on any atom is 0.233 e. The van der Waals surface area contributed by atoms with Crippen molar-refractivity contribution in [3.05, 3.63) is 29.8 Å². The molecule has 1 aromatic carbocycles. The van der Waals surface area contributed by atoms with Gasteiger partial charge in [-0.1, -0.05) is 26.0 Å². The second-order valence-electron chi connectivity index (χ2n) is 4.80. The van der Waals surface area contributed by atoms with Gasteiger partial charge in [0, 0.05) is 13.1 Å². The van der Waals surface area contributed by atoms with E-state index in [4.69, 9.17) is 5.11 Å². The zero-order valence-electron chi connectivity index (χ0n) is 11.1. The van der Waals surface area contributed by atoms with Crippen molar-refractivity contribution >= 4 is 5.91 Å². The first-order valence-corrected chi connectivity index (χ1v) is 6.33. The molecule has 1 amide bonds. The Labute approximate surface area is 108 Å². The van der Waals surface area contributed by atoms with E-state index in [1.165, 1.54) is 0 Å². The number of hydrogen-bond donors (Lipinski definition) is 3. The number of carbonyl (C=O) groups is 1. The molecule has 0 saturated heterocycles. The fraction of sp³-hybridized carbons (Fsp3) is 0.500. The van der Waals surface area contributed by atoms with Gasteiger partial charge in [0.25, 0.3) is 0 Å². The van der Waals surface area contributed by atoms with Crippen molar-refractivity contribution in [1.82, 2.24) is 10.6 Å². The normalized spacial score (nSPS) is 10.6. The molecule has 0 unspecified atom stereocenters. The maximum atomic E-state index is 11.5. The van der Waals surface area contributed by atoms with Gasteiger partial charge < -0.3 is 15.7 Å². The highest BCUT2D eigenvalue weighted by atomic mass is 16.3. The van der Waals surface area contributed by atoms with Crippen LogP contribution in [-0.2, 0) is 11.3 Å². The van der Waals surface area contributed by atoms with Crippen LogP contribution in [0.4, 0.5) is 0 Å². The minimum absolute atomic E-state index is 0.0226. The van der Waals surface area contributed by atoms with Gasteiger partial charge in [-0.3, -0.25) is 4.79 Å². The molecule has 4 nitrogen and oxygen atoms in total. The zero-order chi connectivity index (χ0) is 13.4. The SMILES string of the molecule is CC(C)CCNC(=O)CNCc1ccc(O)cc1. The highest BCUT2D eigenvalue weighted by Gasteiger charge is 2.01. The lowest BCUT2D eigenvalue weighted by molar-refractivity contribution is -0.120. The lowest BCUT2D eigenvalue weighted by atomic mass is 10.1. The predicted molar refractivity (Wildman–Crippen MR) is 72.3 cm³/mol. The van der Waals surface area contributed by atoms with E-state index in [0.717, 1.165) is 18.5 Å². The minimum atomic E-state index is 0.0226. The second-order valence-corrected chi connectivity index (χ2v) is 4.80. The summed E-state index contributed by atoms with van der Waals surface area (Å²) in [7, 11) is 0. The monoisotopic (exact) mass is 250 g/mol. The third-order valence-electron chi connectivity index (χ3n) is 2.59. The van der Waals surface area contributed by atoms with Crippen LogP contribution in [0, 0.1) is 5.92 Å². The summed E-state index contributed by atoms with van der Waals surface area (Å²) in [4.78, 5) is 11.5. The van der Waals surface area contributed by atoms with E-state index in [2.05, 4.69) is 24.5 Å². The summed E-state index contributed by atoms with van der Waals surface area (Å²) in [5.41, 5.74) is 1.04. The molecular formula is C14H22N2O2. The van der Waals surface area contributed by atoms with E-state index in [0.29, 0.717) is 19.0 Å². The lowest BCUT2D eigenvalue weighted by Gasteiger charge is -2.08. The van der Waals surface area contributed by atoms with Crippen LogP contribution in [0.1, 0.15) is 25.8 Å². The molecule has 0 saturated carbocycles. The zero-order valence-corrected chi connectivity index (χ0v) is 11.1.